The Labute approximate surface area is 135 Å². The van der Waals surface area contributed by atoms with E-state index in [4.69, 9.17) is 0 Å². The van der Waals surface area contributed by atoms with Gasteiger partial charge in [-0.05, 0) is 48.8 Å². The molecule has 1 aliphatic heterocycles. The van der Waals surface area contributed by atoms with E-state index < -0.39 is 0 Å². The minimum atomic E-state index is 0.307. The molecule has 0 aliphatic carbocycles. The van der Waals surface area contributed by atoms with Gasteiger partial charge in [-0.15, -0.1) is 0 Å². The van der Waals surface area contributed by atoms with E-state index in [0.717, 1.165) is 42.9 Å². The predicted molar refractivity (Wildman–Crippen MR) is 92.7 cm³/mol. The van der Waals surface area contributed by atoms with Gasteiger partial charge in [0.1, 0.15) is 5.82 Å². The van der Waals surface area contributed by atoms with Crippen molar-refractivity contribution in [3.05, 3.63) is 22.3 Å². The molecule has 2 heterocycles. The molecule has 0 unspecified atom stereocenters. The van der Waals surface area contributed by atoms with Crippen LogP contribution in [-0.4, -0.2) is 35.1 Å². The third-order valence-electron chi connectivity index (χ3n) is 3.38. The second kappa shape index (κ2) is 7.14. The van der Waals surface area contributed by atoms with Crippen LogP contribution in [0.15, 0.2) is 16.7 Å². The van der Waals surface area contributed by atoms with Gasteiger partial charge in [-0.2, -0.15) is 11.8 Å². The van der Waals surface area contributed by atoms with Gasteiger partial charge in [-0.25, -0.2) is 4.98 Å². The third kappa shape index (κ3) is 4.37. The number of nitrogens with zero attached hydrogens (tertiary/aromatic N) is 2. The number of anilines is 1. The number of hydrogen-bond acceptors (Lipinski definition) is 4. The van der Waals surface area contributed by atoms with Crippen LogP contribution in [0.1, 0.15) is 32.8 Å². The summed E-state index contributed by atoms with van der Waals surface area (Å²) in [6.45, 7) is 10.9. The van der Waals surface area contributed by atoms with Crippen molar-refractivity contribution < 1.29 is 0 Å². The average molecular weight is 358 g/mol. The highest BCUT2D eigenvalue weighted by molar-refractivity contribution is 9.10. The molecule has 0 saturated carbocycles. The minimum Gasteiger partial charge on any atom is -0.354 e. The van der Waals surface area contributed by atoms with E-state index in [1.165, 1.54) is 11.3 Å². The maximum absolute atomic E-state index is 4.68. The number of aromatic nitrogens is 1. The van der Waals surface area contributed by atoms with Crippen molar-refractivity contribution in [2.24, 2.45) is 0 Å². The highest BCUT2D eigenvalue weighted by Crippen LogP contribution is 2.33. The van der Waals surface area contributed by atoms with Gasteiger partial charge in [0.15, 0.2) is 0 Å². The fraction of sp³-hybridized carbons (Fsp3) is 0.667. The van der Waals surface area contributed by atoms with Crippen LogP contribution in [0.2, 0.25) is 0 Å². The molecule has 1 N–H and O–H groups in total. The lowest BCUT2D eigenvalue weighted by Gasteiger charge is -2.39. The molecule has 2 rings (SSSR count). The van der Waals surface area contributed by atoms with E-state index in [9.17, 15) is 0 Å². The number of nitrogens with one attached hydrogen (secondary N) is 1. The van der Waals surface area contributed by atoms with E-state index >= 15 is 0 Å². The molecule has 112 valence electrons. The second-order valence-electron chi connectivity index (χ2n) is 5.84. The highest BCUT2D eigenvalue weighted by atomic mass is 79.9. The van der Waals surface area contributed by atoms with Gasteiger partial charge in [-0.3, -0.25) is 0 Å². The molecule has 0 spiro atoms. The first-order valence-electron chi connectivity index (χ1n) is 7.26. The Morgan fingerprint density at radius 3 is 3.00 bits per heavy atom. The molecule has 1 aromatic heterocycles. The van der Waals surface area contributed by atoms with Crippen LogP contribution in [0.3, 0.4) is 0 Å². The lowest BCUT2D eigenvalue weighted by molar-refractivity contribution is 0.631. The summed E-state index contributed by atoms with van der Waals surface area (Å²) in [7, 11) is 0. The Hall–Kier alpha value is -0.260. The first-order chi connectivity index (χ1) is 9.52. The molecule has 3 nitrogen and oxygen atoms in total. The number of rotatable bonds is 5. The summed E-state index contributed by atoms with van der Waals surface area (Å²) in [5, 5.41) is 3.49. The predicted octanol–water partition coefficient (Wildman–Crippen LogP) is 3.68. The molecule has 1 fully saturated rings. The first kappa shape index (κ1) is 16.1. The molecule has 0 radical (unpaired) electrons. The summed E-state index contributed by atoms with van der Waals surface area (Å²) in [6.07, 6.45) is 3.07. The van der Waals surface area contributed by atoms with Crippen LogP contribution >= 0.6 is 27.7 Å². The smallest absolute Gasteiger partial charge is 0.133 e. The SMILES string of the molecule is CCCNCc1cc(Br)cnc1N1CCSC(C)(C)C1. The fourth-order valence-electron chi connectivity index (χ4n) is 2.49. The van der Waals surface area contributed by atoms with Crippen LogP contribution in [0.5, 0.6) is 0 Å². The number of hydrogen-bond donors (Lipinski definition) is 1. The van der Waals surface area contributed by atoms with Crippen molar-refractivity contribution in [2.45, 2.75) is 38.5 Å². The topological polar surface area (TPSA) is 28.2 Å². The van der Waals surface area contributed by atoms with E-state index in [1.54, 1.807) is 0 Å². The van der Waals surface area contributed by atoms with Gasteiger partial charge in [0.05, 0.1) is 0 Å². The molecule has 0 aromatic carbocycles. The molecule has 0 bridgehead atoms. The number of pyridine rings is 1. The van der Waals surface area contributed by atoms with Crippen LogP contribution < -0.4 is 10.2 Å². The van der Waals surface area contributed by atoms with E-state index in [2.05, 4.69) is 69.7 Å². The second-order valence-corrected chi connectivity index (χ2v) is 8.56. The van der Waals surface area contributed by atoms with Crippen molar-refractivity contribution >= 4 is 33.5 Å². The summed E-state index contributed by atoms with van der Waals surface area (Å²) in [6, 6.07) is 2.19. The van der Waals surface area contributed by atoms with Gasteiger partial charge in [-0.1, -0.05) is 6.92 Å². The summed E-state index contributed by atoms with van der Waals surface area (Å²) < 4.78 is 1.36. The van der Waals surface area contributed by atoms with Crippen LogP contribution in [-0.2, 0) is 6.54 Å². The van der Waals surface area contributed by atoms with Crippen LogP contribution in [0.4, 0.5) is 5.82 Å². The molecule has 1 aromatic rings. The Morgan fingerprint density at radius 1 is 1.50 bits per heavy atom. The zero-order chi connectivity index (χ0) is 14.6. The van der Waals surface area contributed by atoms with E-state index in [-0.39, 0.29) is 0 Å². The maximum atomic E-state index is 4.68. The van der Waals surface area contributed by atoms with Crippen LogP contribution in [0.25, 0.3) is 0 Å². The lowest BCUT2D eigenvalue weighted by Crippen LogP contribution is -2.44. The van der Waals surface area contributed by atoms with Gasteiger partial charge in [0.25, 0.3) is 0 Å². The number of thioether (sulfide) groups is 1. The molecular weight excluding hydrogens is 334 g/mol. The normalized spacial score (nSPS) is 18.3. The Balaban J connectivity index is 2.17. The monoisotopic (exact) mass is 357 g/mol. The molecule has 5 heteroatoms. The molecule has 0 amide bonds. The van der Waals surface area contributed by atoms with E-state index in [0.29, 0.717) is 4.75 Å². The highest BCUT2D eigenvalue weighted by Gasteiger charge is 2.28. The average Bonchev–Trinajstić information content (AvgIpc) is 2.38. The summed E-state index contributed by atoms with van der Waals surface area (Å²) in [5.41, 5.74) is 1.29. The standard InChI is InChI=1S/C15H24BrN3S/c1-4-5-17-9-12-8-13(16)10-18-14(12)19-6-7-20-15(2,3)11-19/h8,10,17H,4-7,9,11H2,1-3H3. The molecule has 0 atom stereocenters. The quantitative estimate of drug-likeness (QED) is 0.813. The molecule has 1 saturated heterocycles. The Kier molecular flexibility index (Phi) is 5.75. The summed E-state index contributed by atoms with van der Waals surface area (Å²) >= 11 is 5.59. The fourth-order valence-corrected chi connectivity index (χ4v) is 3.98. The third-order valence-corrected chi connectivity index (χ3v) is 5.11. The Bertz CT molecular complexity index is 451. The molecule has 1 aliphatic rings. The summed E-state index contributed by atoms with van der Waals surface area (Å²) in [4.78, 5) is 7.11. The van der Waals surface area contributed by atoms with Gasteiger partial charge in [0, 0.05) is 46.4 Å². The summed E-state index contributed by atoms with van der Waals surface area (Å²) in [5.74, 6) is 2.32. The zero-order valence-corrected chi connectivity index (χ0v) is 15.0. The minimum absolute atomic E-state index is 0.307. The molecule has 20 heavy (non-hydrogen) atoms. The largest absolute Gasteiger partial charge is 0.354 e. The number of halogens is 1. The van der Waals surface area contributed by atoms with E-state index in [1.807, 2.05) is 6.20 Å². The van der Waals surface area contributed by atoms with Gasteiger partial charge < -0.3 is 10.2 Å². The van der Waals surface area contributed by atoms with Crippen molar-refractivity contribution in [3.63, 3.8) is 0 Å². The van der Waals surface area contributed by atoms with Crippen molar-refractivity contribution in [1.82, 2.24) is 10.3 Å². The maximum Gasteiger partial charge on any atom is 0.133 e. The Morgan fingerprint density at radius 2 is 2.30 bits per heavy atom. The van der Waals surface area contributed by atoms with Gasteiger partial charge >= 0.3 is 0 Å². The zero-order valence-electron chi connectivity index (χ0n) is 12.6. The van der Waals surface area contributed by atoms with Crippen molar-refractivity contribution in [2.75, 3.05) is 30.3 Å². The van der Waals surface area contributed by atoms with Crippen molar-refractivity contribution in [3.8, 4) is 0 Å². The van der Waals surface area contributed by atoms with Crippen LogP contribution in [0, 0.1) is 0 Å². The van der Waals surface area contributed by atoms with Crippen molar-refractivity contribution in [1.29, 1.82) is 0 Å². The van der Waals surface area contributed by atoms with Gasteiger partial charge in [0.2, 0.25) is 0 Å². The molecular formula is C15H24BrN3S. The first-order valence-corrected chi connectivity index (χ1v) is 9.04. The lowest BCUT2D eigenvalue weighted by atomic mass is 10.1.